The first-order chi connectivity index (χ1) is 9.38. The fraction of sp³-hybridized carbons (Fsp3) is 0.500. The Bertz CT molecular complexity index is 574. The van der Waals surface area contributed by atoms with Crippen molar-refractivity contribution in [3.63, 3.8) is 0 Å². The molecule has 0 unspecified atom stereocenters. The predicted molar refractivity (Wildman–Crippen MR) is 75.5 cm³/mol. The molecule has 1 amide bonds. The number of sulfone groups is 1. The van der Waals surface area contributed by atoms with Gasteiger partial charge in [-0.15, -0.1) is 0 Å². The first kappa shape index (κ1) is 15.0. The second kappa shape index (κ2) is 5.93. The highest BCUT2D eigenvalue weighted by Crippen LogP contribution is 2.16. The van der Waals surface area contributed by atoms with Crippen molar-refractivity contribution < 1.29 is 17.9 Å². The van der Waals surface area contributed by atoms with Gasteiger partial charge in [0.1, 0.15) is 0 Å². The quantitative estimate of drug-likeness (QED) is 0.911. The Morgan fingerprint density at radius 2 is 2.00 bits per heavy atom. The van der Waals surface area contributed by atoms with Crippen LogP contribution in [0.2, 0.25) is 0 Å². The summed E-state index contributed by atoms with van der Waals surface area (Å²) in [6.07, 6.45) is 3.18. The third kappa shape index (κ3) is 3.58. The van der Waals surface area contributed by atoms with Crippen molar-refractivity contribution >= 4 is 15.7 Å². The molecule has 0 bridgehead atoms. The van der Waals surface area contributed by atoms with Gasteiger partial charge in [-0.25, -0.2) is 8.42 Å². The molecule has 0 radical (unpaired) electrons. The predicted octanol–water partition coefficient (Wildman–Crippen LogP) is 1.39. The van der Waals surface area contributed by atoms with Crippen molar-refractivity contribution in [2.45, 2.75) is 36.8 Å². The highest BCUT2D eigenvalue weighted by Gasteiger charge is 2.24. The molecule has 1 heterocycles. The molecule has 2 atom stereocenters. The number of amides is 1. The van der Waals surface area contributed by atoms with E-state index in [1.54, 1.807) is 0 Å². The van der Waals surface area contributed by atoms with Gasteiger partial charge in [0.2, 0.25) is 0 Å². The molecule has 1 fully saturated rings. The summed E-state index contributed by atoms with van der Waals surface area (Å²) in [5.74, 6) is -0.215. The minimum absolute atomic E-state index is 0.0559. The van der Waals surface area contributed by atoms with Crippen molar-refractivity contribution in [2.24, 2.45) is 0 Å². The number of hydrogen-bond acceptors (Lipinski definition) is 4. The summed E-state index contributed by atoms with van der Waals surface area (Å²) in [6, 6.07) is 5.88. The van der Waals surface area contributed by atoms with Gasteiger partial charge in [0, 0.05) is 18.4 Å². The molecule has 0 saturated carbocycles. The Morgan fingerprint density at radius 1 is 1.35 bits per heavy atom. The van der Waals surface area contributed by atoms with Crippen LogP contribution in [-0.4, -0.2) is 39.3 Å². The Balaban J connectivity index is 2.02. The topological polar surface area (TPSA) is 72.5 Å². The van der Waals surface area contributed by atoms with Crippen LogP contribution >= 0.6 is 0 Å². The van der Waals surface area contributed by atoms with Crippen LogP contribution in [0, 0.1) is 0 Å². The Hall–Kier alpha value is -1.40. The van der Waals surface area contributed by atoms with Gasteiger partial charge in [0.15, 0.2) is 9.84 Å². The molecule has 6 heteroatoms. The van der Waals surface area contributed by atoms with Gasteiger partial charge < -0.3 is 10.1 Å². The largest absolute Gasteiger partial charge is 0.376 e. The molecule has 0 aliphatic carbocycles. The highest BCUT2D eigenvalue weighted by atomic mass is 32.2. The molecule has 110 valence electrons. The normalized spacial score (nSPS) is 20.6. The lowest BCUT2D eigenvalue weighted by Crippen LogP contribution is -2.40. The third-order valence-corrected chi connectivity index (χ3v) is 4.55. The molecule has 1 aliphatic rings. The van der Waals surface area contributed by atoms with Crippen LogP contribution in [-0.2, 0) is 14.6 Å². The smallest absolute Gasteiger partial charge is 0.251 e. The third-order valence-electron chi connectivity index (χ3n) is 3.43. The zero-order valence-corrected chi connectivity index (χ0v) is 12.4. The Labute approximate surface area is 119 Å². The molecule has 1 saturated heterocycles. The fourth-order valence-electron chi connectivity index (χ4n) is 2.23. The van der Waals surface area contributed by atoms with Gasteiger partial charge in [-0.1, -0.05) is 0 Å². The molecule has 2 rings (SSSR count). The second-order valence-electron chi connectivity index (χ2n) is 5.11. The van der Waals surface area contributed by atoms with E-state index in [2.05, 4.69) is 5.32 Å². The Morgan fingerprint density at radius 3 is 2.50 bits per heavy atom. The molecule has 0 aromatic heterocycles. The van der Waals surface area contributed by atoms with Gasteiger partial charge >= 0.3 is 0 Å². The van der Waals surface area contributed by atoms with E-state index in [0.717, 1.165) is 25.7 Å². The number of ether oxygens (including phenoxy) is 1. The van der Waals surface area contributed by atoms with Crippen molar-refractivity contribution in [1.29, 1.82) is 0 Å². The lowest BCUT2D eigenvalue weighted by molar-refractivity contribution is 0.0712. The summed E-state index contributed by atoms with van der Waals surface area (Å²) in [5.41, 5.74) is 0.447. The van der Waals surface area contributed by atoms with Crippen molar-refractivity contribution in [3.05, 3.63) is 29.8 Å². The van der Waals surface area contributed by atoms with Crippen LogP contribution in [0.15, 0.2) is 29.2 Å². The van der Waals surface area contributed by atoms with E-state index in [-0.39, 0.29) is 22.9 Å². The average molecular weight is 297 g/mol. The number of benzene rings is 1. The van der Waals surface area contributed by atoms with Gasteiger partial charge in [0.05, 0.1) is 17.0 Å². The zero-order chi connectivity index (χ0) is 14.8. The van der Waals surface area contributed by atoms with E-state index in [0.29, 0.717) is 5.56 Å². The lowest BCUT2D eigenvalue weighted by atomic mass is 10.1. The summed E-state index contributed by atoms with van der Waals surface area (Å²) >= 11 is 0. The molecule has 0 spiro atoms. The molecule has 1 aliphatic heterocycles. The summed E-state index contributed by atoms with van der Waals surface area (Å²) in [5, 5.41) is 2.88. The van der Waals surface area contributed by atoms with Gasteiger partial charge in [0.25, 0.3) is 5.91 Å². The zero-order valence-electron chi connectivity index (χ0n) is 11.6. The minimum atomic E-state index is -3.23. The molecule has 1 N–H and O–H groups in total. The van der Waals surface area contributed by atoms with Crippen LogP contribution in [0.5, 0.6) is 0 Å². The second-order valence-corrected chi connectivity index (χ2v) is 7.13. The maximum Gasteiger partial charge on any atom is 0.251 e. The molecule has 1 aromatic carbocycles. The van der Waals surface area contributed by atoms with E-state index in [4.69, 9.17) is 4.74 Å². The van der Waals surface area contributed by atoms with Crippen molar-refractivity contribution in [3.8, 4) is 0 Å². The van der Waals surface area contributed by atoms with E-state index in [1.165, 1.54) is 24.3 Å². The Kier molecular flexibility index (Phi) is 4.45. The number of carbonyl (C=O) groups is 1. The number of rotatable bonds is 4. The molecular weight excluding hydrogens is 278 g/mol. The van der Waals surface area contributed by atoms with Gasteiger partial charge in [-0.05, 0) is 44.0 Å². The van der Waals surface area contributed by atoms with Gasteiger partial charge in [-0.2, -0.15) is 0 Å². The van der Waals surface area contributed by atoms with Crippen LogP contribution in [0.3, 0.4) is 0 Å². The van der Waals surface area contributed by atoms with Gasteiger partial charge in [-0.3, -0.25) is 4.79 Å². The van der Waals surface area contributed by atoms with Crippen molar-refractivity contribution in [1.82, 2.24) is 5.32 Å². The minimum Gasteiger partial charge on any atom is -0.376 e. The standard InChI is InChI=1S/C14H19NO4S/c1-10(13-4-3-9-19-13)15-14(16)11-5-7-12(8-6-11)20(2,17)18/h5-8,10,13H,3-4,9H2,1-2H3,(H,15,16)/t10-,13+/m1/s1. The van der Waals surface area contributed by atoms with E-state index in [9.17, 15) is 13.2 Å². The van der Waals surface area contributed by atoms with Crippen molar-refractivity contribution in [2.75, 3.05) is 12.9 Å². The number of nitrogens with one attached hydrogen (secondary N) is 1. The SMILES string of the molecule is C[C@@H](NC(=O)c1ccc(S(C)(=O)=O)cc1)[C@@H]1CCCO1. The first-order valence-electron chi connectivity index (χ1n) is 6.60. The maximum absolute atomic E-state index is 12.1. The molecular formula is C14H19NO4S. The van der Waals surface area contributed by atoms with E-state index < -0.39 is 9.84 Å². The van der Waals surface area contributed by atoms with Crippen LogP contribution in [0.25, 0.3) is 0 Å². The average Bonchev–Trinajstić information content (AvgIpc) is 2.91. The lowest BCUT2D eigenvalue weighted by Gasteiger charge is -2.20. The van der Waals surface area contributed by atoms with E-state index in [1.807, 2.05) is 6.92 Å². The molecule has 5 nitrogen and oxygen atoms in total. The monoisotopic (exact) mass is 297 g/mol. The fourth-order valence-corrected chi connectivity index (χ4v) is 2.86. The van der Waals surface area contributed by atoms with Crippen LogP contribution < -0.4 is 5.32 Å². The van der Waals surface area contributed by atoms with E-state index >= 15 is 0 Å². The molecule has 20 heavy (non-hydrogen) atoms. The first-order valence-corrected chi connectivity index (χ1v) is 8.49. The highest BCUT2D eigenvalue weighted by molar-refractivity contribution is 7.90. The number of carbonyl (C=O) groups excluding carboxylic acids is 1. The summed E-state index contributed by atoms with van der Waals surface area (Å²) in [7, 11) is -3.23. The van der Waals surface area contributed by atoms with Crippen LogP contribution in [0.4, 0.5) is 0 Å². The maximum atomic E-state index is 12.1. The summed E-state index contributed by atoms with van der Waals surface area (Å²) < 4.78 is 28.2. The summed E-state index contributed by atoms with van der Waals surface area (Å²) in [6.45, 7) is 2.66. The number of hydrogen-bond donors (Lipinski definition) is 1. The molecule has 1 aromatic rings. The summed E-state index contributed by atoms with van der Waals surface area (Å²) in [4.78, 5) is 12.3. The van der Waals surface area contributed by atoms with Crippen LogP contribution in [0.1, 0.15) is 30.1 Å².